The molecule has 0 saturated heterocycles. The third-order valence-electron chi connectivity index (χ3n) is 6.05. The second-order valence-corrected chi connectivity index (χ2v) is 10.7. The minimum absolute atomic E-state index is 0.0421. The Morgan fingerprint density at radius 2 is 1.85 bits per heavy atom. The van der Waals surface area contributed by atoms with E-state index in [4.69, 9.17) is 5.73 Å². The fourth-order valence-corrected chi connectivity index (χ4v) is 5.08. The molecule has 1 aromatic carbocycles. The predicted octanol–water partition coefficient (Wildman–Crippen LogP) is 3.76. The lowest BCUT2D eigenvalue weighted by molar-refractivity contribution is -0.141. The summed E-state index contributed by atoms with van der Waals surface area (Å²) in [7, 11) is -2.12. The maximum Gasteiger partial charge on any atom is 0.433 e. The van der Waals surface area contributed by atoms with E-state index in [-0.39, 0.29) is 28.6 Å². The smallest absolute Gasteiger partial charge is 0.383 e. The van der Waals surface area contributed by atoms with Gasteiger partial charge in [-0.2, -0.15) is 18.3 Å². The van der Waals surface area contributed by atoms with Crippen molar-refractivity contribution in [2.75, 3.05) is 16.9 Å². The first-order valence-electron chi connectivity index (χ1n) is 11.3. The number of halogens is 3. The number of pyridine rings is 3. The average molecular weight is 556 g/mol. The Hall–Kier alpha value is -4.59. The number of anilines is 2. The zero-order valence-corrected chi connectivity index (χ0v) is 21.3. The van der Waals surface area contributed by atoms with Gasteiger partial charge in [0.2, 0.25) is 0 Å². The second kappa shape index (κ2) is 9.31. The SMILES string of the molecule is Cn1ncc2c(N)nc3cc(CN(C(=O)c4ccc(C(F)(F)F)nc4)c4cccnc4S(C)(=O)=O)ccc3c21. The molecule has 5 rings (SSSR count). The van der Waals surface area contributed by atoms with Crippen LogP contribution in [0.2, 0.25) is 0 Å². The van der Waals surface area contributed by atoms with Crippen LogP contribution in [-0.2, 0) is 29.6 Å². The molecule has 5 aromatic rings. The van der Waals surface area contributed by atoms with Gasteiger partial charge < -0.3 is 10.6 Å². The summed E-state index contributed by atoms with van der Waals surface area (Å²) in [5.74, 6) is -0.512. The van der Waals surface area contributed by atoms with Crippen molar-refractivity contribution in [2.45, 2.75) is 17.7 Å². The number of carbonyl (C=O) groups is 1. The predicted molar refractivity (Wildman–Crippen MR) is 138 cm³/mol. The highest BCUT2D eigenvalue weighted by Crippen LogP contribution is 2.31. The molecule has 0 bridgehead atoms. The van der Waals surface area contributed by atoms with Crippen LogP contribution in [0.1, 0.15) is 21.6 Å². The standard InChI is InChI=1S/C25H20F3N7O3S/c1-34-21-16-7-5-14(10-18(16)33-22(29)17(21)12-32-34)13-35(19-4-3-9-30-23(19)39(2,37)38)24(36)15-6-8-20(31-11-15)25(26,27)28/h3-12H,13H2,1-2H3,(H2,29,33). The third-order valence-corrected chi connectivity index (χ3v) is 7.07. The largest absolute Gasteiger partial charge is 0.433 e. The number of carbonyl (C=O) groups excluding carboxylic acids is 1. The van der Waals surface area contributed by atoms with E-state index in [0.717, 1.165) is 34.3 Å². The summed E-state index contributed by atoms with van der Waals surface area (Å²) in [6.07, 6.45) is -0.0600. The van der Waals surface area contributed by atoms with E-state index in [0.29, 0.717) is 22.5 Å². The molecule has 0 radical (unpaired) electrons. The number of aryl methyl sites for hydroxylation is 1. The summed E-state index contributed by atoms with van der Waals surface area (Å²) in [6, 6.07) is 9.74. The van der Waals surface area contributed by atoms with Crippen LogP contribution in [-0.4, -0.2) is 45.3 Å². The van der Waals surface area contributed by atoms with Crippen LogP contribution in [0.4, 0.5) is 24.7 Å². The van der Waals surface area contributed by atoms with Gasteiger partial charge in [-0.1, -0.05) is 12.1 Å². The van der Waals surface area contributed by atoms with Gasteiger partial charge in [0.1, 0.15) is 11.5 Å². The number of hydrogen-bond acceptors (Lipinski definition) is 8. The summed E-state index contributed by atoms with van der Waals surface area (Å²) < 4.78 is 65.7. The number of benzene rings is 1. The molecule has 0 saturated carbocycles. The fraction of sp³-hybridized carbons (Fsp3) is 0.160. The molecule has 14 heteroatoms. The minimum Gasteiger partial charge on any atom is -0.383 e. The highest BCUT2D eigenvalue weighted by atomic mass is 32.2. The lowest BCUT2D eigenvalue weighted by Gasteiger charge is -2.24. The van der Waals surface area contributed by atoms with Crippen molar-refractivity contribution < 1.29 is 26.4 Å². The molecular formula is C25H20F3N7O3S. The number of nitrogens with zero attached hydrogens (tertiary/aromatic N) is 6. The second-order valence-electron chi connectivity index (χ2n) is 8.80. The molecule has 10 nitrogen and oxygen atoms in total. The number of hydrogen-bond donors (Lipinski definition) is 1. The lowest BCUT2D eigenvalue weighted by Crippen LogP contribution is -2.32. The number of nitrogen functional groups attached to an aromatic ring is 1. The molecule has 0 aliphatic heterocycles. The summed E-state index contributed by atoms with van der Waals surface area (Å²) in [6.45, 7) is -0.158. The number of aromatic nitrogens is 5. The Kier molecular flexibility index (Phi) is 6.21. The van der Waals surface area contributed by atoms with Crippen molar-refractivity contribution in [2.24, 2.45) is 7.05 Å². The molecule has 4 heterocycles. The summed E-state index contributed by atoms with van der Waals surface area (Å²) in [5.41, 5.74) is 6.57. The van der Waals surface area contributed by atoms with Crippen molar-refractivity contribution in [1.29, 1.82) is 0 Å². The van der Waals surface area contributed by atoms with Gasteiger partial charge in [0.05, 0.1) is 40.4 Å². The molecule has 39 heavy (non-hydrogen) atoms. The van der Waals surface area contributed by atoms with Gasteiger partial charge in [0.15, 0.2) is 14.9 Å². The van der Waals surface area contributed by atoms with Crippen LogP contribution in [0, 0.1) is 0 Å². The van der Waals surface area contributed by atoms with E-state index in [1.54, 1.807) is 36.1 Å². The number of alkyl halides is 3. The zero-order chi connectivity index (χ0) is 28.1. The number of sulfone groups is 1. The monoisotopic (exact) mass is 555 g/mol. The molecule has 0 spiro atoms. The van der Waals surface area contributed by atoms with E-state index in [1.807, 2.05) is 0 Å². The number of nitrogens with two attached hydrogens (primary N) is 1. The molecule has 0 unspecified atom stereocenters. The van der Waals surface area contributed by atoms with Gasteiger partial charge in [0, 0.05) is 31.1 Å². The first kappa shape index (κ1) is 26.0. The normalized spacial score (nSPS) is 12.2. The Morgan fingerprint density at radius 3 is 2.51 bits per heavy atom. The number of rotatable bonds is 5. The van der Waals surface area contributed by atoms with Crippen LogP contribution in [0.5, 0.6) is 0 Å². The van der Waals surface area contributed by atoms with Gasteiger partial charge in [-0.05, 0) is 35.9 Å². The maximum atomic E-state index is 13.6. The number of fused-ring (bicyclic) bond motifs is 3. The van der Waals surface area contributed by atoms with E-state index in [1.165, 1.54) is 18.3 Å². The topological polar surface area (TPSA) is 137 Å². The minimum atomic E-state index is -4.69. The van der Waals surface area contributed by atoms with Gasteiger partial charge in [0.25, 0.3) is 5.91 Å². The van der Waals surface area contributed by atoms with Crippen molar-refractivity contribution in [1.82, 2.24) is 24.7 Å². The van der Waals surface area contributed by atoms with Crippen molar-refractivity contribution in [3.63, 3.8) is 0 Å². The van der Waals surface area contributed by atoms with Crippen molar-refractivity contribution in [3.05, 3.63) is 77.9 Å². The molecule has 0 fully saturated rings. The fourth-order valence-electron chi connectivity index (χ4n) is 4.27. The quantitative estimate of drug-likeness (QED) is 0.346. The summed E-state index contributed by atoms with van der Waals surface area (Å²) >= 11 is 0. The van der Waals surface area contributed by atoms with Crippen LogP contribution in [0.3, 0.4) is 0 Å². The average Bonchev–Trinajstić information content (AvgIpc) is 3.28. The molecule has 1 amide bonds. The molecule has 200 valence electrons. The lowest BCUT2D eigenvalue weighted by atomic mass is 10.1. The molecule has 2 N–H and O–H groups in total. The van der Waals surface area contributed by atoms with E-state index in [2.05, 4.69) is 20.1 Å². The molecule has 0 aliphatic carbocycles. The van der Waals surface area contributed by atoms with Gasteiger partial charge in [-0.25, -0.2) is 18.4 Å². The van der Waals surface area contributed by atoms with Gasteiger partial charge in [-0.15, -0.1) is 0 Å². The van der Waals surface area contributed by atoms with E-state index in [9.17, 15) is 26.4 Å². The van der Waals surface area contributed by atoms with Crippen molar-refractivity contribution in [3.8, 4) is 0 Å². The third kappa shape index (κ3) is 4.85. The summed E-state index contributed by atoms with van der Waals surface area (Å²) in [4.78, 5) is 26.5. The molecule has 4 aromatic heterocycles. The Balaban J connectivity index is 1.62. The van der Waals surface area contributed by atoms with E-state index < -0.39 is 27.6 Å². The van der Waals surface area contributed by atoms with Crippen LogP contribution >= 0.6 is 0 Å². The van der Waals surface area contributed by atoms with Crippen LogP contribution in [0.15, 0.2) is 66.1 Å². The summed E-state index contributed by atoms with van der Waals surface area (Å²) in [5, 5.41) is 5.30. The van der Waals surface area contributed by atoms with Gasteiger partial charge in [-0.3, -0.25) is 14.5 Å². The first-order chi connectivity index (χ1) is 18.3. The molecular weight excluding hydrogens is 535 g/mol. The Morgan fingerprint density at radius 1 is 1.08 bits per heavy atom. The van der Waals surface area contributed by atoms with Crippen LogP contribution in [0.25, 0.3) is 21.8 Å². The van der Waals surface area contributed by atoms with Crippen LogP contribution < -0.4 is 10.6 Å². The maximum absolute atomic E-state index is 13.6. The molecule has 0 atom stereocenters. The zero-order valence-electron chi connectivity index (χ0n) is 20.5. The van der Waals surface area contributed by atoms with E-state index >= 15 is 0 Å². The highest BCUT2D eigenvalue weighted by Gasteiger charge is 2.33. The first-order valence-corrected chi connectivity index (χ1v) is 13.2. The van der Waals surface area contributed by atoms with Crippen molar-refractivity contribution >= 4 is 49.1 Å². The Labute approximate surface area is 219 Å². The molecule has 0 aliphatic rings. The highest BCUT2D eigenvalue weighted by molar-refractivity contribution is 7.90. The number of amides is 1. The van der Waals surface area contributed by atoms with Gasteiger partial charge >= 0.3 is 6.18 Å². The Bertz CT molecular complexity index is 1850.